The number of oxime groups is 1. The first-order chi connectivity index (χ1) is 12.3. The summed E-state index contributed by atoms with van der Waals surface area (Å²) in [5.41, 5.74) is 4.19. The van der Waals surface area contributed by atoms with Gasteiger partial charge < -0.3 is 15.1 Å². The number of H-pyrrole nitrogens is 1. The monoisotopic (exact) mass is 332 g/mol. The predicted molar refractivity (Wildman–Crippen MR) is 94.7 cm³/mol. The predicted octanol–water partition coefficient (Wildman–Crippen LogP) is 2.78. The van der Waals surface area contributed by atoms with Crippen molar-refractivity contribution < 1.29 is 9.63 Å². The van der Waals surface area contributed by atoms with Crippen LogP contribution in [0.25, 0.3) is 11.3 Å². The number of hydrogen-bond donors (Lipinski definition) is 2. The van der Waals surface area contributed by atoms with Gasteiger partial charge in [-0.3, -0.25) is 9.78 Å². The van der Waals surface area contributed by atoms with Gasteiger partial charge in [0.05, 0.1) is 17.5 Å². The molecule has 6 nitrogen and oxygen atoms in total. The summed E-state index contributed by atoms with van der Waals surface area (Å²) in [4.78, 5) is 24.8. The number of aromatic nitrogens is 2. The van der Waals surface area contributed by atoms with Crippen molar-refractivity contribution in [2.24, 2.45) is 5.16 Å². The van der Waals surface area contributed by atoms with Gasteiger partial charge in [0.15, 0.2) is 5.75 Å². The van der Waals surface area contributed by atoms with E-state index in [0.29, 0.717) is 23.6 Å². The standard InChI is InChI=1S/C19H16N4O2/c24-19-16-11-18(23-17(16)7-9-21-19)13-6-8-20-14(10-13)12-22-25-15-4-2-1-3-5-15/h1-6,8,10-12,23H,7,9H2,(H,21,24)/b22-12+. The molecule has 0 spiro atoms. The molecule has 6 heteroatoms. The van der Waals surface area contributed by atoms with E-state index >= 15 is 0 Å². The molecule has 0 bridgehead atoms. The molecule has 3 aromatic rings. The fourth-order valence-corrected chi connectivity index (χ4v) is 2.76. The molecule has 0 atom stereocenters. The molecular weight excluding hydrogens is 316 g/mol. The minimum atomic E-state index is -0.0316. The van der Waals surface area contributed by atoms with E-state index in [0.717, 1.165) is 23.4 Å². The first-order valence-corrected chi connectivity index (χ1v) is 8.01. The third-order valence-corrected chi connectivity index (χ3v) is 3.98. The van der Waals surface area contributed by atoms with E-state index in [4.69, 9.17) is 4.84 Å². The Morgan fingerprint density at radius 2 is 2.04 bits per heavy atom. The van der Waals surface area contributed by atoms with Gasteiger partial charge in [0.25, 0.3) is 5.91 Å². The molecule has 0 fully saturated rings. The molecule has 25 heavy (non-hydrogen) atoms. The normalized spacial score (nSPS) is 13.5. The van der Waals surface area contributed by atoms with Gasteiger partial charge in [0.1, 0.15) is 0 Å². The lowest BCUT2D eigenvalue weighted by molar-refractivity contribution is 0.0946. The van der Waals surface area contributed by atoms with Crippen LogP contribution in [-0.2, 0) is 6.42 Å². The largest absolute Gasteiger partial charge is 0.358 e. The summed E-state index contributed by atoms with van der Waals surface area (Å²) in [6.45, 7) is 0.664. The van der Waals surface area contributed by atoms with E-state index in [2.05, 4.69) is 20.4 Å². The Balaban J connectivity index is 1.54. The van der Waals surface area contributed by atoms with E-state index in [1.165, 1.54) is 0 Å². The van der Waals surface area contributed by atoms with Crippen LogP contribution in [0.3, 0.4) is 0 Å². The maximum atomic E-state index is 11.9. The molecule has 2 N–H and O–H groups in total. The van der Waals surface area contributed by atoms with Crippen molar-refractivity contribution in [3.8, 4) is 17.0 Å². The Bertz CT molecular complexity index is 932. The fourth-order valence-electron chi connectivity index (χ4n) is 2.76. The average Bonchev–Trinajstić information content (AvgIpc) is 3.09. The van der Waals surface area contributed by atoms with Gasteiger partial charge in [-0.05, 0) is 30.3 Å². The van der Waals surface area contributed by atoms with Crippen molar-refractivity contribution in [3.05, 3.63) is 71.7 Å². The fraction of sp³-hybridized carbons (Fsp3) is 0.105. The number of para-hydroxylation sites is 1. The second-order valence-electron chi connectivity index (χ2n) is 5.69. The lowest BCUT2D eigenvalue weighted by Gasteiger charge is -2.10. The Labute approximate surface area is 144 Å². The van der Waals surface area contributed by atoms with Crippen LogP contribution in [-0.4, -0.2) is 28.6 Å². The van der Waals surface area contributed by atoms with Crippen molar-refractivity contribution in [2.75, 3.05) is 6.54 Å². The summed E-state index contributed by atoms with van der Waals surface area (Å²) in [6, 6.07) is 15.0. The van der Waals surface area contributed by atoms with Crippen molar-refractivity contribution in [2.45, 2.75) is 6.42 Å². The lowest BCUT2D eigenvalue weighted by atomic mass is 10.1. The first-order valence-electron chi connectivity index (χ1n) is 8.01. The van der Waals surface area contributed by atoms with E-state index in [1.54, 1.807) is 12.4 Å². The van der Waals surface area contributed by atoms with Crippen molar-refractivity contribution in [1.82, 2.24) is 15.3 Å². The quantitative estimate of drug-likeness (QED) is 0.569. The van der Waals surface area contributed by atoms with Crippen molar-refractivity contribution in [3.63, 3.8) is 0 Å². The summed E-state index contributed by atoms with van der Waals surface area (Å²) >= 11 is 0. The number of nitrogens with zero attached hydrogens (tertiary/aromatic N) is 2. The molecule has 1 amide bonds. The summed E-state index contributed by atoms with van der Waals surface area (Å²) in [6.07, 6.45) is 4.08. The molecule has 4 rings (SSSR count). The molecular formula is C19H16N4O2. The molecule has 124 valence electrons. The third-order valence-electron chi connectivity index (χ3n) is 3.98. The summed E-state index contributed by atoms with van der Waals surface area (Å²) < 4.78 is 0. The topological polar surface area (TPSA) is 79.4 Å². The molecule has 1 aliphatic heterocycles. The zero-order chi connectivity index (χ0) is 17.1. The number of pyridine rings is 1. The Kier molecular flexibility index (Phi) is 4.00. The smallest absolute Gasteiger partial charge is 0.253 e. The summed E-state index contributed by atoms with van der Waals surface area (Å²) in [5, 5.41) is 6.81. The van der Waals surface area contributed by atoms with Gasteiger partial charge in [-0.2, -0.15) is 0 Å². The van der Waals surface area contributed by atoms with E-state index in [1.807, 2.05) is 48.5 Å². The molecule has 0 saturated heterocycles. The highest BCUT2D eigenvalue weighted by molar-refractivity contribution is 5.97. The van der Waals surface area contributed by atoms with Crippen LogP contribution in [0.5, 0.6) is 5.75 Å². The molecule has 0 radical (unpaired) electrons. The minimum absolute atomic E-state index is 0.0316. The number of hydrogen-bond acceptors (Lipinski definition) is 4. The second-order valence-corrected chi connectivity index (χ2v) is 5.69. The number of rotatable bonds is 4. The highest BCUT2D eigenvalue weighted by Crippen LogP contribution is 2.24. The Morgan fingerprint density at radius 1 is 1.16 bits per heavy atom. The number of nitrogens with one attached hydrogen (secondary N) is 2. The van der Waals surface area contributed by atoms with Gasteiger partial charge in [-0.25, -0.2) is 0 Å². The van der Waals surface area contributed by atoms with Crippen LogP contribution < -0.4 is 10.2 Å². The van der Waals surface area contributed by atoms with Gasteiger partial charge in [-0.1, -0.05) is 23.4 Å². The van der Waals surface area contributed by atoms with Crippen LogP contribution in [0.15, 0.2) is 59.9 Å². The van der Waals surface area contributed by atoms with Crippen LogP contribution in [0.2, 0.25) is 0 Å². The van der Waals surface area contributed by atoms with Crippen LogP contribution in [0, 0.1) is 0 Å². The zero-order valence-electron chi connectivity index (χ0n) is 13.4. The van der Waals surface area contributed by atoms with Crippen molar-refractivity contribution in [1.29, 1.82) is 0 Å². The van der Waals surface area contributed by atoms with E-state index in [9.17, 15) is 4.79 Å². The summed E-state index contributed by atoms with van der Waals surface area (Å²) in [7, 11) is 0. The van der Waals surface area contributed by atoms with E-state index < -0.39 is 0 Å². The lowest BCUT2D eigenvalue weighted by Crippen LogP contribution is -2.31. The molecule has 2 aromatic heterocycles. The van der Waals surface area contributed by atoms with Crippen LogP contribution in [0.1, 0.15) is 21.7 Å². The number of amides is 1. The van der Waals surface area contributed by atoms with Gasteiger partial charge in [-0.15, -0.1) is 0 Å². The first kappa shape index (κ1) is 15.1. The molecule has 0 unspecified atom stereocenters. The van der Waals surface area contributed by atoms with Gasteiger partial charge in [0, 0.05) is 36.1 Å². The second kappa shape index (κ2) is 6.60. The molecule has 0 saturated carbocycles. The number of aromatic amines is 1. The van der Waals surface area contributed by atoms with Gasteiger partial charge >= 0.3 is 0 Å². The van der Waals surface area contributed by atoms with Crippen molar-refractivity contribution >= 4 is 12.1 Å². The van der Waals surface area contributed by atoms with Gasteiger partial charge in [0.2, 0.25) is 0 Å². The Hall–Kier alpha value is -3.41. The van der Waals surface area contributed by atoms with Crippen LogP contribution in [0.4, 0.5) is 0 Å². The average molecular weight is 332 g/mol. The highest BCUT2D eigenvalue weighted by Gasteiger charge is 2.19. The summed E-state index contributed by atoms with van der Waals surface area (Å²) in [5.74, 6) is 0.633. The molecule has 0 aliphatic carbocycles. The molecule has 1 aromatic carbocycles. The number of benzene rings is 1. The van der Waals surface area contributed by atoms with E-state index in [-0.39, 0.29) is 5.91 Å². The molecule has 3 heterocycles. The Morgan fingerprint density at radius 3 is 2.88 bits per heavy atom. The maximum Gasteiger partial charge on any atom is 0.253 e. The third kappa shape index (κ3) is 3.28. The number of fused-ring (bicyclic) bond motifs is 1. The molecule has 1 aliphatic rings. The number of carbonyl (C=O) groups excluding carboxylic acids is 1. The number of carbonyl (C=O) groups is 1. The minimum Gasteiger partial charge on any atom is -0.358 e. The highest BCUT2D eigenvalue weighted by atomic mass is 16.6. The maximum absolute atomic E-state index is 11.9. The zero-order valence-corrected chi connectivity index (χ0v) is 13.4. The SMILES string of the molecule is O=C1NCCc2[nH]c(-c3ccnc(/C=N/Oc4ccccc4)c3)cc21. The van der Waals surface area contributed by atoms with Crippen LogP contribution >= 0.6 is 0 Å².